The third-order valence-corrected chi connectivity index (χ3v) is 4.52. The lowest BCUT2D eigenvalue weighted by molar-refractivity contribution is -0.135. The molecule has 4 rings (SSSR count). The van der Waals surface area contributed by atoms with E-state index in [2.05, 4.69) is 5.10 Å². The fraction of sp³-hybridized carbons (Fsp3) is 0.190. The summed E-state index contributed by atoms with van der Waals surface area (Å²) < 4.78 is 16.6. The topological polar surface area (TPSA) is 81.3 Å². The Hall–Kier alpha value is -3.61. The summed E-state index contributed by atoms with van der Waals surface area (Å²) in [5.41, 5.74) is 2.02. The molecule has 0 radical (unpaired) electrons. The number of rotatable bonds is 3. The number of carbonyl (C=O) groups is 1. The molecule has 0 saturated carbocycles. The quantitative estimate of drug-likeness (QED) is 0.698. The van der Waals surface area contributed by atoms with Gasteiger partial charge in [0, 0.05) is 12.5 Å². The maximum Gasteiger partial charge on any atom is 0.243 e. The molecular formula is C21H18N2O5. The van der Waals surface area contributed by atoms with E-state index in [1.807, 2.05) is 13.0 Å². The number of aryl methyl sites for hydroxylation is 1. The number of nitrogens with zero attached hydrogens (tertiary/aromatic N) is 2. The van der Waals surface area contributed by atoms with Crippen LogP contribution >= 0.6 is 0 Å². The minimum absolute atomic E-state index is 0.209. The van der Waals surface area contributed by atoms with Gasteiger partial charge in [-0.25, -0.2) is 0 Å². The molecule has 0 saturated heterocycles. The van der Waals surface area contributed by atoms with Crippen molar-refractivity contribution in [1.29, 1.82) is 0 Å². The number of amides is 1. The van der Waals surface area contributed by atoms with Gasteiger partial charge in [0.15, 0.2) is 0 Å². The molecule has 7 heteroatoms. The van der Waals surface area contributed by atoms with E-state index in [-0.39, 0.29) is 22.8 Å². The van der Waals surface area contributed by atoms with Crippen LogP contribution in [0.5, 0.6) is 5.75 Å². The molecular weight excluding hydrogens is 360 g/mol. The predicted octanol–water partition coefficient (Wildman–Crippen LogP) is 3.35. The van der Waals surface area contributed by atoms with Gasteiger partial charge in [0.2, 0.25) is 23.5 Å². The van der Waals surface area contributed by atoms with Crippen LogP contribution in [0, 0.1) is 6.92 Å². The van der Waals surface area contributed by atoms with Crippen LogP contribution in [0.1, 0.15) is 29.8 Å². The Balaban J connectivity index is 1.75. The maximum atomic E-state index is 13.0. The lowest BCUT2D eigenvalue weighted by atomic mass is 10.1. The first-order valence-electron chi connectivity index (χ1n) is 8.69. The first-order chi connectivity index (χ1) is 13.5. The zero-order chi connectivity index (χ0) is 19.8. The van der Waals surface area contributed by atoms with Crippen molar-refractivity contribution in [1.82, 2.24) is 5.01 Å². The molecule has 0 spiro atoms. The predicted molar refractivity (Wildman–Crippen MR) is 103 cm³/mol. The number of fused-ring (bicyclic) bond motifs is 1. The molecule has 1 unspecified atom stereocenters. The third kappa shape index (κ3) is 3.00. The molecule has 0 aliphatic carbocycles. The van der Waals surface area contributed by atoms with Crippen molar-refractivity contribution in [2.24, 2.45) is 5.10 Å². The lowest BCUT2D eigenvalue weighted by Gasteiger charge is -2.18. The van der Waals surface area contributed by atoms with Crippen molar-refractivity contribution >= 4 is 22.8 Å². The Labute approximate surface area is 160 Å². The first kappa shape index (κ1) is 17.8. The molecule has 1 atom stereocenters. The lowest BCUT2D eigenvalue weighted by Crippen LogP contribution is -2.29. The van der Waals surface area contributed by atoms with E-state index in [0.29, 0.717) is 22.3 Å². The Kier molecular flexibility index (Phi) is 4.35. The van der Waals surface area contributed by atoms with Crippen LogP contribution in [0.4, 0.5) is 0 Å². The number of methoxy groups -OCH3 is 1. The maximum absolute atomic E-state index is 13.0. The van der Waals surface area contributed by atoms with E-state index in [4.69, 9.17) is 13.9 Å². The monoisotopic (exact) mass is 378 g/mol. The Morgan fingerprint density at radius 3 is 2.61 bits per heavy atom. The second kappa shape index (κ2) is 6.84. The van der Waals surface area contributed by atoms with Gasteiger partial charge in [-0.15, -0.1) is 5.10 Å². The van der Waals surface area contributed by atoms with Gasteiger partial charge >= 0.3 is 0 Å². The summed E-state index contributed by atoms with van der Waals surface area (Å²) in [6.45, 7) is 3.26. The van der Waals surface area contributed by atoms with E-state index < -0.39 is 6.23 Å². The largest absolute Gasteiger partial charge is 0.497 e. The number of carbonyl (C=O) groups excluding carboxylic acids is 1. The number of benzene rings is 2. The van der Waals surface area contributed by atoms with Gasteiger partial charge in [-0.1, -0.05) is 11.6 Å². The standard InChI is InChI=1S/C21H18N2O5/c1-12-4-9-18-16(10-12)19(25)17(11-27-18)21-23(13(2)24)22-20(28-21)14-5-7-15(26-3)8-6-14/h4-11,21H,1-3H3. The Bertz CT molecular complexity index is 1150. The SMILES string of the molecule is COc1ccc(C2=NN(C(C)=O)C(c3coc4ccc(C)cc4c3=O)O2)cc1. The second-order valence-electron chi connectivity index (χ2n) is 6.49. The van der Waals surface area contributed by atoms with Gasteiger partial charge in [0.25, 0.3) is 0 Å². The Morgan fingerprint density at radius 2 is 1.93 bits per heavy atom. The molecule has 2 aromatic carbocycles. The number of hydrogen-bond acceptors (Lipinski definition) is 6. The zero-order valence-electron chi connectivity index (χ0n) is 15.6. The van der Waals surface area contributed by atoms with Gasteiger partial charge < -0.3 is 13.9 Å². The highest BCUT2D eigenvalue weighted by atomic mass is 16.5. The summed E-state index contributed by atoms with van der Waals surface area (Å²) in [5, 5.41) is 5.85. The summed E-state index contributed by atoms with van der Waals surface area (Å²) in [5.74, 6) is 0.580. The average Bonchev–Trinajstić information content (AvgIpc) is 3.14. The molecule has 3 aromatic rings. The molecule has 0 fully saturated rings. The molecule has 28 heavy (non-hydrogen) atoms. The molecule has 1 aliphatic rings. The third-order valence-electron chi connectivity index (χ3n) is 4.52. The Morgan fingerprint density at radius 1 is 1.18 bits per heavy atom. The summed E-state index contributed by atoms with van der Waals surface area (Å²) in [6, 6.07) is 12.4. The summed E-state index contributed by atoms with van der Waals surface area (Å²) in [4.78, 5) is 25.1. The van der Waals surface area contributed by atoms with E-state index in [0.717, 1.165) is 10.6 Å². The normalized spacial score (nSPS) is 16.0. The summed E-state index contributed by atoms with van der Waals surface area (Å²) in [6.07, 6.45) is 0.336. The molecule has 2 heterocycles. The van der Waals surface area contributed by atoms with Gasteiger partial charge in [-0.3, -0.25) is 9.59 Å². The summed E-state index contributed by atoms with van der Waals surface area (Å²) >= 11 is 0. The molecule has 7 nitrogen and oxygen atoms in total. The van der Waals surface area contributed by atoms with E-state index in [1.165, 1.54) is 13.2 Å². The van der Waals surface area contributed by atoms with Crippen LogP contribution in [0.2, 0.25) is 0 Å². The van der Waals surface area contributed by atoms with E-state index in [9.17, 15) is 9.59 Å². The van der Waals surface area contributed by atoms with Gasteiger partial charge in [-0.2, -0.15) is 5.01 Å². The minimum atomic E-state index is -0.990. The highest BCUT2D eigenvalue weighted by Crippen LogP contribution is 2.30. The fourth-order valence-electron chi connectivity index (χ4n) is 3.05. The van der Waals surface area contributed by atoms with Crippen molar-refractivity contribution in [3.8, 4) is 5.75 Å². The van der Waals surface area contributed by atoms with Crippen molar-refractivity contribution in [3.63, 3.8) is 0 Å². The zero-order valence-corrected chi connectivity index (χ0v) is 15.6. The molecule has 142 valence electrons. The molecule has 1 aliphatic heterocycles. The van der Waals surface area contributed by atoms with E-state index >= 15 is 0 Å². The van der Waals surface area contributed by atoms with Gasteiger partial charge in [0.05, 0.1) is 18.1 Å². The van der Waals surface area contributed by atoms with Crippen LogP contribution in [0.15, 0.2) is 63.0 Å². The van der Waals surface area contributed by atoms with Crippen LogP contribution < -0.4 is 10.2 Å². The number of hydrogen-bond donors (Lipinski definition) is 0. The van der Waals surface area contributed by atoms with Gasteiger partial charge in [-0.05, 0) is 43.3 Å². The van der Waals surface area contributed by atoms with Crippen molar-refractivity contribution in [2.75, 3.05) is 7.11 Å². The molecule has 0 N–H and O–H groups in total. The van der Waals surface area contributed by atoms with Crippen molar-refractivity contribution < 1.29 is 18.7 Å². The van der Waals surface area contributed by atoms with Crippen molar-refractivity contribution in [2.45, 2.75) is 20.1 Å². The van der Waals surface area contributed by atoms with Crippen LogP contribution in [-0.2, 0) is 9.53 Å². The molecule has 1 aromatic heterocycles. The van der Waals surface area contributed by atoms with Crippen LogP contribution in [-0.4, -0.2) is 23.9 Å². The fourth-order valence-corrected chi connectivity index (χ4v) is 3.05. The summed E-state index contributed by atoms with van der Waals surface area (Å²) in [7, 11) is 1.58. The average molecular weight is 378 g/mol. The number of hydrazone groups is 1. The highest BCUT2D eigenvalue weighted by Gasteiger charge is 2.35. The first-order valence-corrected chi connectivity index (χ1v) is 8.69. The van der Waals surface area contributed by atoms with E-state index in [1.54, 1.807) is 43.5 Å². The number of ether oxygens (including phenoxy) is 2. The van der Waals surface area contributed by atoms with Crippen molar-refractivity contribution in [3.05, 3.63) is 75.6 Å². The smallest absolute Gasteiger partial charge is 0.243 e. The van der Waals surface area contributed by atoms with Crippen LogP contribution in [0.25, 0.3) is 11.0 Å². The second-order valence-corrected chi connectivity index (χ2v) is 6.49. The van der Waals surface area contributed by atoms with Crippen LogP contribution in [0.3, 0.4) is 0 Å². The highest BCUT2D eigenvalue weighted by molar-refractivity contribution is 5.96. The van der Waals surface area contributed by atoms with Gasteiger partial charge in [0.1, 0.15) is 17.6 Å². The molecule has 0 bridgehead atoms. The minimum Gasteiger partial charge on any atom is -0.497 e. The molecule has 1 amide bonds.